The summed E-state index contributed by atoms with van der Waals surface area (Å²) in [5.74, 6) is 0. The quantitative estimate of drug-likeness (QED) is 0.0747. The highest BCUT2D eigenvalue weighted by Crippen LogP contribution is 2.54. The van der Waals surface area contributed by atoms with E-state index in [0.717, 1.165) is 0 Å². The minimum atomic E-state index is 0.140. The summed E-state index contributed by atoms with van der Waals surface area (Å²) in [6.07, 6.45) is 0. The molecule has 0 saturated carbocycles. The predicted molar refractivity (Wildman–Crippen MR) is 228 cm³/mol. The zero-order chi connectivity index (χ0) is 34.5. The molecule has 0 saturated heterocycles. The summed E-state index contributed by atoms with van der Waals surface area (Å²) in [4.78, 5) is 7.59. The number of hydrogen-bond acceptors (Lipinski definition) is 6. The lowest BCUT2D eigenvalue weighted by Crippen LogP contribution is -2.00. The Balaban J connectivity index is 1.37. The lowest BCUT2D eigenvalue weighted by molar-refractivity contribution is 1.22. The van der Waals surface area contributed by atoms with E-state index in [1.54, 1.807) is 0 Å². The lowest BCUT2D eigenvalue weighted by Gasteiger charge is -2.25. The molecule has 0 fully saturated rings. The Morgan fingerprint density at radius 3 is 0.529 bits per heavy atom. The third kappa shape index (κ3) is 10.8. The van der Waals surface area contributed by atoms with Gasteiger partial charge in [-0.1, -0.05) is 127 Å². The van der Waals surface area contributed by atoms with Gasteiger partial charge in [0.05, 0.1) is 13.7 Å². The maximum absolute atomic E-state index is 2.48. The minimum Gasteiger partial charge on any atom is -0.107 e. The second-order valence-corrected chi connectivity index (χ2v) is 19.5. The number of rotatable bonds is 15. The normalized spacial score (nSPS) is 11.4. The first-order chi connectivity index (χ1) is 25.2. The van der Waals surface area contributed by atoms with Crippen molar-refractivity contribution >= 4 is 70.6 Å². The minimum absolute atomic E-state index is 0.140. The van der Waals surface area contributed by atoms with E-state index in [4.69, 9.17) is 0 Å². The monoisotopic (exact) mass is 768 g/mol. The number of benzene rings is 7. The highest BCUT2D eigenvalue weighted by molar-refractivity contribution is 8.17. The van der Waals surface area contributed by atoms with Crippen molar-refractivity contribution in [1.29, 1.82) is 0 Å². The Morgan fingerprint density at radius 1 is 0.216 bits per heavy atom. The van der Waals surface area contributed by atoms with Gasteiger partial charge < -0.3 is 0 Å². The van der Waals surface area contributed by atoms with Crippen LogP contribution < -0.4 is 0 Å². The van der Waals surface area contributed by atoms with Crippen molar-refractivity contribution in [2.45, 2.75) is 43.1 Å². The molecule has 0 atom stereocenters. The first-order valence-corrected chi connectivity index (χ1v) is 22.0. The van der Waals surface area contributed by atoms with Crippen molar-refractivity contribution < 1.29 is 0 Å². The molecule has 6 heteroatoms. The van der Waals surface area contributed by atoms with Crippen LogP contribution >= 0.6 is 70.6 Å². The standard InChI is InChI=1S/C45H36S6/c1-7-19-37(20-8-1)46-43(47-38-21-9-2-10-22-38)34-31-35(44(48-39-23-11-3-12-24-39)49-40-25-13-4-14-26-40)33-36(32-34)45(50-41-27-15-5-16-28-41)51-42-29-17-6-18-30-42/h1-33,43-45H. The van der Waals surface area contributed by atoms with E-state index in [0.29, 0.717) is 0 Å². The third-order valence-electron chi connectivity index (χ3n) is 7.73. The molecule has 7 aromatic carbocycles. The Kier molecular flexibility index (Phi) is 13.4. The van der Waals surface area contributed by atoms with E-state index in [9.17, 15) is 0 Å². The molecule has 0 radical (unpaired) electrons. The van der Waals surface area contributed by atoms with Crippen LogP contribution in [0, 0.1) is 0 Å². The molecule has 0 bridgehead atoms. The summed E-state index contributed by atoms with van der Waals surface area (Å²) in [5.41, 5.74) is 3.97. The van der Waals surface area contributed by atoms with Crippen molar-refractivity contribution in [1.82, 2.24) is 0 Å². The maximum Gasteiger partial charge on any atom is 0.0845 e. The van der Waals surface area contributed by atoms with Gasteiger partial charge in [-0.25, -0.2) is 0 Å². The smallest absolute Gasteiger partial charge is 0.0845 e. The van der Waals surface area contributed by atoms with Crippen molar-refractivity contribution in [2.75, 3.05) is 0 Å². The molecule has 7 rings (SSSR count). The van der Waals surface area contributed by atoms with Crippen LogP contribution in [0.2, 0.25) is 0 Å². The average molecular weight is 769 g/mol. The van der Waals surface area contributed by atoms with Crippen LogP contribution in [0.1, 0.15) is 30.4 Å². The first kappa shape index (κ1) is 36.0. The third-order valence-corrected chi connectivity index (χ3v) is 15.6. The van der Waals surface area contributed by atoms with Crippen molar-refractivity contribution in [3.63, 3.8) is 0 Å². The Labute approximate surface area is 328 Å². The van der Waals surface area contributed by atoms with E-state index in [2.05, 4.69) is 200 Å². The molecular weight excluding hydrogens is 733 g/mol. The molecule has 51 heavy (non-hydrogen) atoms. The van der Waals surface area contributed by atoms with Gasteiger partial charge >= 0.3 is 0 Å². The Bertz CT molecular complexity index is 1670. The molecule has 252 valence electrons. The molecule has 0 aliphatic rings. The Hall–Kier alpha value is -3.36. The van der Waals surface area contributed by atoms with Gasteiger partial charge in [-0.15, -0.1) is 70.6 Å². The summed E-state index contributed by atoms with van der Waals surface area (Å²) in [6.45, 7) is 0. The van der Waals surface area contributed by atoms with Gasteiger partial charge in [-0.2, -0.15) is 0 Å². The summed E-state index contributed by atoms with van der Waals surface area (Å²) < 4.78 is 0.421. The fraction of sp³-hybridized carbons (Fsp3) is 0.0667. The topological polar surface area (TPSA) is 0 Å². The molecule has 0 amide bonds. The number of thioether (sulfide) groups is 6. The second-order valence-electron chi connectivity index (χ2n) is 11.5. The van der Waals surface area contributed by atoms with Crippen LogP contribution in [0.5, 0.6) is 0 Å². The molecular formula is C45H36S6. The average Bonchev–Trinajstić information content (AvgIpc) is 3.19. The van der Waals surface area contributed by atoms with Crippen LogP contribution in [-0.4, -0.2) is 0 Å². The van der Waals surface area contributed by atoms with Crippen LogP contribution in [-0.2, 0) is 0 Å². The SMILES string of the molecule is c1ccc(SC(Sc2ccccc2)c2cc(C(Sc3ccccc3)Sc3ccccc3)cc(C(Sc3ccccc3)Sc3ccccc3)c2)cc1. The molecule has 0 aliphatic heterocycles. The molecule has 0 nitrogen and oxygen atoms in total. The highest BCUT2D eigenvalue weighted by Gasteiger charge is 2.25. The van der Waals surface area contributed by atoms with Crippen molar-refractivity contribution in [2.24, 2.45) is 0 Å². The van der Waals surface area contributed by atoms with E-state index < -0.39 is 0 Å². The van der Waals surface area contributed by atoms with E-state index in [1.165, 1.54) is 46.1 Å². The zero-order valence-corrected chi connectivity index (χ0v) is 32.6. The molecule has 0 aromatic heterocycles. The molecule has 0 unspecified atom stereocenters. The predicted octanol–water partition coefficient (Wildman–Crippen LogP) is 15.4. The maximum atomic E-state index is 2.48. The molecule has 0 N–H and O–H groups in total. The zero-order valence-electron chi connectivity index (χ0n) is 27.7. The van der Waals surface area contributed by atoms with Gasteiger partial charge in [0, 0.05) is 29.4 Å². The largest absolute Gasteiger partial charge is 0.107 e. The summed E-state index contributed by atoms with van der Waals surface area (Å²) in [6, 6.07) is 72.4. The van der Waals surface area contributed by atoms with Crippen LogP contribution in [0.25, 0.3) is 0 Å². The fourth-order valence-electron chi connectivity index (χ4n) is 5.33. The van der Waals surface area contributed by atoms with Gasteiger partial charge in [0.1, 0.15) is 0 Å². The van der Waals surface area contributed by atoms with Crippen LogP contribution in [0.3, 0.4) is 0 Å². The Morgan fingerprint density at radius 2 is 0.373 bits per heavy atom. The van der Waals surface area contributed by atoms with E-state index >= 15 is 0 Å². The molecule has 0 heterocycles. The lowest BCUT2D eigenvalue weighted by atomic mass is 10.1. The summed E-state index contributed by atoms with van der Waals surface area (Å²) >= 11 is 11.6. The molecule has 7 aromatic rings. The first-order valence-electron chi connectivity index (χ1n) is 16.7. The fourth-order valence-corrected chi connectivity index (χ4v) is 12.9. The number of hydrogen-bond donors (Lipinski definition) is 0. The van der Waals surface area contributed by atoms with Crippen molar-refractivity contribution in [3.8, 4) is 0 Å². The van der Waals surface area contributed by atoms with E-state index in [-0.39, 0.29) is 13.7 Å². The van der Waals surface area contributed by atoms with Gasteiger partial charge in [0.15, 0.2) is 0 Å². The van der Waals surface area contributed by atoms with Crippen LogP contribution in [0.15, 0.2) is 230 Å². The van der Waals surface area contributed by atoms with E-state index in [1.807, 2.05) is 70.6 Å². The van der Waals surface area contributed by atoms with Gasteiger partial charge in [0.2, 0.25) is 0 Å². The summed E-state index contributed by atoms with van der Waals surface area (Å²) in [7, 11) is 0. The molecule has 0 spiro atoms. The van der Waals surface area contributed by atoms with Gasteiger partial charge in [0.25, 0.3) is 0 Å². The van der Waals surface area contributed by atoms with Crippen LogP contribution in [0.4, 0.5) is 0 Å². The van der Waals surface area contributed by atoms with Gasteiger partial charge in [-0.05, 0) is 89.5 Å². The highest BCUT2D eigenvalue weighted by atomic mass is 32.2. The van der Waals surface area contributed by atoms with Crippen molar-refractivity contribution in [3.05, 3.63) is 217 Å². The second kappa shape index (κ2) is 18.9. The van der Waals surface area contributed by atoms with Gasteiger partial charge in [-0.3, -0.25) is 0 Å². The molecule has 0 aliphatic carbocycles. The summed E-state index contributed by atoms with van der Waals surface area (Å²) in [5, 5.41) is 0.